The topological polar surface area (TPSA) is 70.4 Å². The zero-order valence-electron chi connectivity index (χ0n) is 14.4. The number of unbranched alkanes of at least 4 members (excludes halogenated alkanes) is 1. The number of ether oxygens (including phenoxy) is 2. The smallest absolute Gasteiger partial charge is 0.419 e. The Balaban J connectivity index is 2.05. The first-order valence-corrected chi connectivity index (χ1v) is 8.37. The average molecular weight is 332 g/mol. The number of aromatic nitrogens is 2. The van der Waals surface area contributed by atoms with Gasteiger partial charge in [-0.25, -0.2) is 14.3 Å². The third-order valence-electron chi connectivity index (χ3n) is 3.96. The summed E-state index contributed by atoms with van der Waals surface area (Å²) < 4.78 is 11.8. The number of rotatable bonds is 7. The molecule has 0 radical (unpaired) electrons. The van der Waals surface area contributed by atoms with E-state index in [0.29, 0.717) is 29.3 Å². The first kappa shape index (κ1) is 18.0. The van der Waals surface area contributed by atoms with Crippen molar-refractivity contribution in [2.45, 2.75) is 46.5 Å². The standard InChI is InChI=1S/C18H24N2O4/c1-4-6-7-14(5-2)11-23-18(22)20-12-19-16-10-15(24-13(3)21)8-9-17(16)20/h8-10,12,14H,4-7,11H2,1-3H3. The molecule has 0 bridgehead atoms. The van der Waals surface area contributed by atoms with E-state index in [1.54, 1.807) is 18.2 Å². The van der Waals surface area contributed by atoms with E-state index < -0.39 is 12.1 Å². The van der Waals surface area contributed by atoms with E-state index in [4.69, 9.17) is 9.47 Å². The largest absolute Gasteiger partial charge is 0.449 e. The Kier molecular flexibility index (Phi) is 6.35. The van der Waals surface area contributed by atoms with Crippen LogP contribution in [-0.2, 0) is 9.53 Å². The number of imidazole rings is 1. The SMILES string of the molecule is CCCCC(CC)COC(=O)n1cnc2cc(OC(C)=O)ccc21. The summed E-state index contributed by atoms with van der Waals surface area (Å²) in [5.41, 5.74) is 1.20. The minimum Gasteiger partial charge on any atom is -0.449 e. The first-order valence-electron chi connectivity index (χ1n) is 8.37. The number of esters is 1. The van der Waals surface area contributed by atoms with Crippen LogP contribution >= 0.6 is 0 Å². The second-order valence-electron chi connectivity index (χ2n) is 5.85. The summed E-state index contributed by atoms with van der Waals surface area (Å²) in [6.07, 6.45) is 5.33. The zero-order chi connectivity index (χ0) is 17.5. The van der Waals surface area contributed by atoms with Gasteiger partial charge in [0.25, 0.3) is 0 Å². The molecule has 2 aromatic rings. The second kappa shape index (κ2) is 8.47. The normalized spacial score (nSPS) is 12.1. The third-order valence-corrected chi connectivity index (χ3v) is 3.96. The van der Waals surface area contributed by atoms with Gasteiger partial charge in [0, 0.05) is 13.0 Å². The molecule has 0 aliphatic heterocycles. The highest BCUT2D eigenvalue weighted by Gasteiger charge is 2.15. The van der Waals surface area contributed by atoms with Crippen LogP contribution in [0.5, 0.6) is 5.75 Å². The van der Waals surface area contributed by atoms with Gasteiger partial charge in [-0.3, -0.25) is 4.79 Å². The Labute approximate surface area is 141 Å². The molecule has 1 aromatic carbocycles. The number of carbonyl (C=O) groups excluding carboxylic acids is 2. The summed E-state index contributed by atoms with van der Waals surface area (Å²) in [6.45, 7) is 6.02. The van der Waals surface area contributed by atoms with Gasteiger partial charge in [-0.2, -0.15) is 0 Å². The summed E-state index contributed by atoms with van der Waals surface area (Å²) in [6, 6.07) is 4.94. The summed E-state index contributed by atoms with van der Waals surface area (Å²) in [7, 11) is 0. The van der Waals surface area contributed by atoms with Crippen molar-refractivity contribution in [3.8, 4) is 5.75 Å². The van der Waals surface area contributed by atoms with Gasteiger partial charge in [0.1, 0.15) is 12.1 Å². The molecule has 130 valence electrons. The van der Waals surface area contributed by atoms with Gasteiger partial charge >= 0.3 is 12.1 Å². The molecule has 0 fully saturated rings. The van der Waals surface area contributed by atoms with Crippen LogP contribution in [-0.4, -0.2) is 28.2 Å². The molecule has 1 atom stereocenters. The van der Waals surface area contributed by atoms with Crippen molar-refractivity contribution in [2.75, 3.05) is 6.61 Å². The molecule has 0 aliphatic carbocycles. The minimum atomic E-state index is -0.437. The van der Waals surface area contributed by atoms with Crippen molar-refractivity contribution in [3.63, 3.8) is 0 Å². The van der Waals surface area contributed by atoms with Crippen molar-refractivity contribution >= 4 is 23.1 Å². The molecule has 0 saturated heterocycles. The molecule has 2 rings (SSSR count). The van der Waals surface area contributed by atoms with Gasteiger partial charge < -0.3 is 9.47 Å². The molecule has 6 nitrogen and oxygen atoms in total. The lowest BCUT2D eigenvalue weighted by atomic mass is 10.0. The van der Waals surface area contributed by atoms with Crippen LogP contribution in [0.25, 0.3) is 11.0 Å². The van der Waals surface area contributed by atoms with Crippen molar-refractivity contribution in [1.82, 2.24) is 9.55 Å². The highest BCUT2D eigenvalue weighted by molar-refractivity contribution is 5.87. The van der Waals surface area contributed by atoms with Crippen molar-refractivity contribution in [2.24, 2.45) is 5.92 Å². The number of fused-ring (bicyclic) bond motifs is 1. The Morgan fingerprint density at radius 3 is 2.75 bits per heavy atom. The van der Waals surface area contributed by atoms with Gasteiger partial charge in [-0.1, -0.05) is 33.1 Å². The molecule has 0 saturated carbocycles. The molecule has 0 amide bonds. The average Bonchev–Trinajstić information content (AvgIpc) is 2.97. The zero-order valence-corrected chi connectivity index (χ0v) is 14.4. The fourth-order valence-corrected chi connectivity index (χ4v) is 2.52. The minimum absolute atomic E-state index is 0.388. The van der Waals surface area contributed by atoms with Crippen molar-refractivity contribution < 1.29 is 19.1 Å². The predicted molar refractivity (Wildman–Crippen MR) is 91.1 cm³/mol. The summed E-state index contributed by atoms with van der Waals surface area (Å²) in [5, 5.41) is 0. The van der Waals surface area contributed by atoms with Gasteiger partial charge in [-0.15, -0.1) is 0 Å². The van der Waals surface area contributed by atoms with Crippen LogP contribution in [0.4, 0.5) is 4.79 Å². The molecular weight excluding hydrogens is 308 g/mol. The lowest BCUT2D eigenvalue weighted by Crippen LogP contribution is -2.18. The predicted octanol–water partition coefficient (Wildman–Crippen LogP) is 4.16. The monoisotopic (exact) mass is 332 g/mol. The maximum atomic E-state index is 12.3. The van der Waals surface area contributed by atoms with Gasteiger partial charge in [-0.05, 0) is 24.5 Å². The third kappa shape index (κ3) is 4.57. The van der Waals surface area contributed by atoms with E-state index in [1.807, 2.05) is 0 Å². The van der Waals surface area contributed by atoms with Crippen LogP contribution in [0.2, 0.25) is 0 Å². The van der Waals surface area contributed by atoms with Crippen molar-refractivity contribution in [1.29, 1.82) is 0 Å². The Morgan fingerprint density at radius 2 is 2.08 bits per heavy atom. The number of hydrogen-bond acceptors (Lipinski definition) is 5. The molecular formula is C18H24N2O4. The van der Waals surface area contributed by atoms with Gasteiger partial charge in [0.15, 0.2) is 0 Å². The summed E-state index contributed by atoms with van der Waals surface area (Å²) in [4.78, 5) is 27.5. The maximum absolute atomic E-state index is 12.3. The number of nitrogens with zero attached hydrogens (tertiary/aromatic N) is 2. The molecule has 0 aliphatic rings. The van der Waals surface area contributed by atoms with E-state index in [-0.39, 0.29) is 0 Å². The molecule has 1 aromatic heterocycles. The number of carbonyl (C=O) groups is 2. The Bertz CT molecular complexity index is 708. The van der Waals surface area contributed by atoms with E-state index in [0.717, 1.165) is 25.7 Å². The second-order valence-corrected chi connectivity index (χ2v) is 5.85. The highest BCUT2D eigenvalue weighted by atomic mass is 16.5. The van der Waals surface area contributed by atoms with Crippen LogP contribution in [0.15, 0.2) is 24.5 Å². The molecule has 0 N–H and O–H groups in total. The van der Waals surface area contributed by atoms with E-state index in [2.05, 4.69) is 18.8 Å². The molecule has 0 spiro atoms. The molecule has 1 unspecified atom stereocenters. The van der Waals surface area contributed by atoms with Crippen molar-refractivity contribution in [3.05, 3.63) is 24.5 Å². The maximum Gasteiger partial charge on any atom is 0.419 e. The Morgan fingerprint density at radius 1 is 1.29 bits per heavy atom. The quantitative estimate of drug-likeness (QED) is 0.562. The van der Waals surface area contributed by atoms with E-state index in [1.165, 1.54) is 17.8 Å². The van der Waals surface area contributed by atoms with Crippen LogP contribution in [0.3, 0.4) is 0 Å². The lowest BCUT2D eigenvalue weighted by molar-refractivity contribution is -0.131. The van der Waals surface area contributed by atoms with E-state index in [9.17, 15) is 9.59 Å². The van der Waals surface area contributed by atoms with Crippen LogP contribution in [0, 0.1) is 5.92 Å². The lowest BCUT2D eigenvalue weighted by Gasteiger charge is -2.14. The summed E-state index contributed by atoms with van der Waals surface area (Å²) >= 11 is 0. The fourth-order valence-electron chi connectivity index (χ4n) is 2.52. The van der Waals surface area contributed by atoms with Gasteiger partial charge in [0.05, 0.1) is 17.6 Å². The van der Waals surface area contributed by atoms with Crippen LogP contribution < -0.4 is 4.74 Å². The summed E-state index contributed by atoms with van der Waals surface area (Å²) in [5.74, 6) is 0.393. The first-order chi connectivity index (χ1) is 11.5. The van der Waals surface area contributed by atoms with Crippen LogP contribution in [0.1, 0.15) is 46.5 Å². The van der Waals surface area contributed by atoms with Gasteiger partial charge in [0.2, 0.25) is 0 Å². The Hall–Kier alpha value is -2.37. The number of benzene rings is 1. The molecule has 1 heterocycles. The molecule has 24 heavy (non-hydrogen) atoms. The highest BCUT2D eigenvalue weighted by Crippen LogP contribution is 2.21. The van der Waals surface area contributed by atoms with E-state index >= 15 is 0 Å². The molecule has 6 heteroatoms. The number of hydrogen-bond donors (Lipinski definition) is 0. The fraction of sp³-hybridized carbons (Fsp3) is 0.500.